The number of rotatable bonds is 5. The van der Waals surface area contributed by atoms with Crippen LogP contribution in [0.5, 0.6) is 0 Å². The first kappa shape index (κ1) is 18.7. The summed E-state index contributed by atoms with van der Waals surface area (Å²) in [5.74, 6) is 1.74. The van der Waals surface area contributed by atoms with Gasteiger partial charge in [-0.1, -0.05) is 41.9 Å². The number of carbonyl (C=O) groups excluding carboxylic acids is 1. The average Bonchev–Trinajstić information content (AvgIpc) is 2.65. The fourth-order valence-corrected chi connectivity index (χ4v) is 4.06. The van der Waals surface area contributed by atoms with Gasteiger partial charge in [-0.15, -0.1) is 0 Å². The number of anilines is 1. The van der Waals surface area contributed by atoms with Gasteiger partial charge >= 0.3 is 0 Å². The van der Waals surface area contributed by atoms with Gasteiger partial charge in [0.15, 0.2) is 0 Å². The maximum absolute atomic E-state index is 13.0. The van der Waals surface area contributed by atoms with Gasteiger partial charge in [0.1, 0.15) is 11.1 Å². The van der Waals surface area contributed by atoms with Crippen molar-refractivity contribution in [3.63, 3.8) is 0 Å². The number of amides is 1. The minimum atomic E-state index is -0.561. The number of benzene rings is 2. The van der Waals surface area contributed by atoms with E-state index < -0.39 is 11.0 Å². The molecule has 0 spiro atoms. The Morgan fingerprint density at radius 3 is 2.54 bits per heavy atom. The van der Waals surface area contributed by atoms with E-state index in [1.807, 2.05) is 42.1 Å². The van der Waals surface area contributed by atoms with Crippen molar-refractivity contribution in [2.24, 2.45) is 0 Å². The Balaban J connectivity index is 1.86. The predicted octanol–water partition coefficient (Wildman–Crippen LogP) is 3.98. The van der Waals surface area contributed by atoms with Gasteiger partial charge in [0.25, 0.3) is 5.69 Å². The van der Waals surface area contributed by atoms with Gasteiger partial charge < -0.3 is 5.32 Å². The molecule has 0 radical (unpaired) electrons. The second-order valence-corrected chi connectivity index (χ2v) is 7.51. The van der Waals surface area contributed by atoms with Gasteiger partial charge in [-0.3, -0.25) is 19.8 Å². The van der Waals surface area contributed by atoms with Gasteiger partial charge in [0.2, 0.25) is 5.91 Å². The van der Waals surface area contributed by atoms with Crippen molar-refractivity contribution in [3.8, 4) is 0 Å². The van der Waals surface area contributed by atoms with Crippen LogP contribution >= 0.6 is 23.4 Å². The molecule has 1 aliphatic heterocycles. The molecule has 0 aromatic heterocycles. The monoisotopic (exact) mass is 391 g/mol. The highest BCUT2D eigenvalue weighted by atomic mass is 35.5. The Morgan fingerprint density at radius 1 is 1.19 bits per heavy atom. The summed E-state index contributed by atoms with van der Waals surface area (Å²) < 4.78 is 0. The van der Waals surface area contributed by atoms with Crippen LogP contribution in [0, 0.1) is 10.1 Å². The first-order chi connectivity index (χ1) is 12.6. The zero-order valence-corrected chi connectivity index (χ0v) is 15.5. The zero-order chi connectivity index (χ0) is 18.5. The summed E-state index contributed by atoms with van der Waals surface area (Å²) in [6, 6.07) is 13.4. The van der Waals surface area contributed by atoms with Crippen molar-refractivity contribution in [1.82, 2.24) is 4.90 Å². The van der Waals surface area contributed by atoms with Crippen molar-refractivity contribution in [2.75, 3.05) is 29.9 Å². The van der Waals surface area contributed by atoms with Crippen molar-refractivity contribution < 1.29 is 9.72 Å². The van der Waals surface area contributed by atoms with Crippen molar-refractivity contribution in [3.05, 3.63) is 69.2 Å². The predicted molar refractivity (Wildman–Crippen MR) is 105 cm³/mol. The summed E-state index contributed by atoms with van der Waals surface area (Å²) in [7, 11) is 0. The molecular formula is C18H18ClN3O3S. The molecule has 1 aliphatic rings. The van der Waals surface area contributed by atoms with E-state index in [2.05, 4.69) is 10.2 Å². The molecule has 26 heavy (non-hydrogen) atoms. The number of nitro groups is 1. The van der Waals surface area contributed by atoms with Gasteiger partial charge in [0.05, 0.1) is 4.92 Å². The van der Waals surface area contributed by atoms with Gasteiger partial charge in [-0.2, -0.15) is 11.8 Å². The molecular weight excluding hydrogens is 374 g/mol. The lowest BCUT2D eigenvalue weighted by molar-refractivity contribution is -0.384. The van der Waals surface area contributed by atoms with Gasteiger partial charge in [-0.05, 0) is 17.7 Å². The molecule has 8 heteroatoms. The van der Waals surface area contributed by atoms with Crippen LogP contribution in [0.4, 0.5) is 11.4 Å². The molecule has 1 heterocycles. The number of halogens is 1. The molecule has 0 bridgehead atoms. The molecule has 1 amide bonds. The van der Waals surface area contributed by atoms with Crippen LogP contribution in [0.3, 0.4) is 0 Å². The second kappa shape index (κ2) is 8.53. The third kappa shape index (κ3) is 4.35. The topological polar surface area (TPSA) is 75.5 Å². The van der Waals surface area contributed by atoms with E-state index in [9.17, 15) is 14.9 Å². The molecule has 136 valence electrons. The van der Waals surface area contributed by atoms with Crippen LogP contribution in [-0.4, -0.2) is 40.3 Å². The first-order valence-electron chi connectivity index (χ1n) is 8.18. The van der Waals surface area contributed by atoms with E-state index in [0.29, 0.717) is 5.69 Å². The van der Waals surface area contributed by atoms with E-state index in [4.69, 9.17) is 11.6 Å². The molecule has 2 aromatic carbocycles. The maximum atomic E-state index is 13.0. The standard InChI is InChI=1S/C18H18ClN3O3S/c19-15-7-6-14(12-16(15)22(24)25)20-18(23)17(13-4-2-1-3-5-13)21-8-10-26-11-9-21/h1-7,12,17H,8-11H2,(H,20,23). The highest BCUT2D eigenvalue weighted by molar-refractivity contribution is 7.99. The van der Waals surface area contributed by atoms with Gasteiger partial charge in [0, 0.05) is 36.3 Å². The number of nitrogens with zero attached hydrogens (tertiary/aromatic N) is 2. The Bertz CT molecular complexity index is 798. The third-order valence-electron chi connectivity index (χ3n) is 4.18. The van der Waals surface area contributed by atoms with Crippen LogP contribution in [0.25, 0.3) is 0 Å². The van der Waals surface area contributed by atoms with Crippen molar-refractivity contribution in [1.29, 1.82) is 0 Å². The highest BCUT2D eigenvalue weighted by Crippen LogP contribution is 2.29. The smallest absolute Gasteiger partial charge is 0.289 e. The lowest BCUT2D eigenvalue weighted by atomic mass is 10.0. The lowest BCUT2D eigenvalue weighted by Crippen LogP contribution is -2.41. The largest absolute Gasteiger partial charge is 0.324 e. The van der Waals surface area contributed by atoms with E-state index in [0.717, 1.165) is 30.2 Å². The lowest BCUT2D eigenvalue weighted by Gasteiger charge is -2.33. The molecule has 0 aliphatic carbocycles. The van der Waals surface area contributed by atoms with Crippen LogP contribution in [0.2, 0.25) is 5.02 Å². The van der Waals surface area contributed by atoms with Crippen LogP contribution < -0.4 is 5.32 Å². The average molecular weight is 392 g/mol. The molecule has 1 fully saturated rings. The summed E-state index contributed by atoms with van der Waals surface area (Å²) >= 11 is 7.71. The number of hydrogen-bond donors (Lipinski definition) is 1. The molecule has 6 nitrogen and oxygen atoms in total. The van der Waals surface area contributed by atoms with E-state index in [1.54, 1.807) is 6.07 Å². The number of nitro benzene ring substituents is 1. The fraction of sp³-hybridized carbons (Fsp3) is 0.278. The van der Waals surface area contributed by atoms with Crippen molar-refractivity contribution in [2.45, 2.75) is 6.04 Å². The zero-order valence-electron chi connectivity index (χ0n) is 13.9. The van der Waals surface area contributed by atoms with Gasteiger partial charge in [-0.25, -0.2) is 0 Å². The number of carbonyl (C=O) groups is 1. The summed E-state index contributed by atoms with van der Waals surface area (Å²) in [6.45, 7) is 1.64. The molecule has 3 rings (SSSR count). The molecule has 2 aromatic rings. The molecule has 1 atom stereocenters. The van der Waals surface area contributed by atoms with Crippen LogP contribution in [0.1, 0.15) is 11.6 Å². The quantitative estimate of drug-likeness (QED) is 0.616. The Hall–Kier alpha value is -2.09. The SMILES string of the molecule is O=C(Nc1ccc(Cl)c([N+](=O)[O-])c1)C(c1ccccc1)N1CCSCC1. The Kier molecular flexibility index (Phi) is 6.13. The number of thioether (sulfide) groups is 1. The van der Waals surface area contributed by atoms with Crippen molar-refractivity contribution >= 4 is 40.6 Å². The summed E-state index contributed by atoms with van der Waals surface area (Å²) in [5.41, 5.74) is 1.04. The number of hydrogen-bond acceptors (Lipinski definition) is 5. The minimum Gasteiger partial charge on any atom is -0.324 e. The van der Waals surface area contributed by atoms with Crippen LogP contribution in [-0.2, 0) is 4.79 Å². The van der Waals surface area contributed by atoms with E-state index >= 15 is 0 Å². The Morgan fingerprint density at radius 2 is 1.88 bits per heavy atom. The molecule has 0 saturated carbocycles. The molecule has 1 saturated heterocycles. The van der Waals surface area contributed by atoms with Crippen LogP contribution in [0.15, 0.2) is 48.5 Å². The molecule has 1 N–H and O–H groups in total. The summed E-state index contributed by atoms with van der Waals surface area (Å²) in [4.78, 5) is 25.7. The second-order valence-electron chi connectivity index (χ2n) is 5.87. The minimum absolute atomic E-state index is 0.0423. The van der Waals surface area contributed by atoms with E-state index in [1.165, 1.54) is 12.1 Å². The summed E-state index contributed by atoms with van der Waals surface area (Å²) in [6.07, 6.45) is 0. The first-order valence-corrected chi connectivity index (χ1v) is 9.71. The highest BCUT2D eigenvalue weighted by Gasteiger charge is 2.29. The maximum Gasteiger partial charge on any atom is 0.289 e. The normalized spacial score (nSPS) is 16.0. The third-order valence-corrected chi connectivity index (χ3v) is 5.45. The molecule has 1 unspecified atom stereocenters. The number of nitrogens with one attached hydrogen (secondary N) is 1. The Labute approximate surface area is 160 Å². The fourth-order valence-electron chi connectivity index (χ4n) is 2.94. The van der Waals surface area contributed by atoms with E-state index in [-0.39, 0.29) is 16.6 Å². The summed E-state index contributed by atoms with van der Waals surface area (Å²) in [5, 5.41) is 13.9.